The first-order valence-electron chi connectivity index (χ1n) is 9.49. The van der Waals surface area contributed by atoms with Gasteiger partial charge in [-0.25, -0.2) is 8.42 Å². The van der Waals surface area contributed by atoms with Gasteiger partial charge in [0.25, 0.3) is 0 Å². The summed E-state index contributed by atoms with van der Waals surface area (Å²) in [6, 6.07) is 16.7. The van der Waals surface area contributed by atoms with Crippen molar-refractivity contribution in [1.82, 2.24) is 9.62 Å². The first-order chi connectivity index (χ1) is 13.1. The van der Waals surface area contributed by atoms with E-state index in [0.717, 1.165) is 19.3 Å². The highest BCUT2D eigenvalue weighted by molar-refractivity contribution is 7.89. The van der Waals surface area contributed by atoms with Gasteiger partial charge >= 0.3 is 0 Å². The van der Waals surface area contributed by atoms with E-state index in [4.69, 9.17) is 0 Å². The third-order valence-electron chi connectivity index (χ3n) is 5.59. The van der Waals surface area contributed by atoms with Gasteiger partial charge in [-0.3, -0.25) is 4.79 Å². The van der Waals surface area contributed by atoms with E-state index >= 15 is 0 Å². The van der Waals surface area contributed by atoms with E-state index in [-0.39, 0.29) is 29.3 Å². The molecule has 142 valence electrons. The van der Waals surface area contributed by atoms with Gasteiger partial charge in [0.15, 0.2) is 0 Å². The first kappa shape index (κ1) is 18.2. The zero-order chi connectivity index (χ0) is 18.9. The quantitative estimate of drug-likeness (QED) is 0.881. The topological polar surface area (TPSA) is 66.5 Å². The van der Waals surface area contributed by atoms with Crippen LogP contribution in [0.5, 0.6) is 0 Å². The number of hydrogen-bond donors (Lipinski definition) is 1. The maximum absolute atomic E-state index is 12.9. The van der Waals surface area contributed by atoms with E-state index in [0.29, 0.717) is 13.0 Å². The van der Waals surface area contributed by atoms with E-state index < -0.39 is 10.0 Å². The third kappa shape index (κ3) is 3.64. The van der Waals surface area contributed by atoms with E-state index in [2.05, 4.69) is 17.4 Å². The SMILES string of the molecule is O=C(NC1CCc2ccccc21)C1CCCN(S(=O)(=O)c2ccccc2)C1. The molecule has 1 saturated heterocycles. The zero-order valence-corrected chi connectivity index (χ0v) is 16.0. The number of fused-ring (bicyclic) bond motifs is 1. The van der Waals surface area contributed by atoms with Gasteiger partial charge in [0.2, 0.25) is 15.9 Å². The molecule has 1 aliphatic heterocycles. The highest BCUT2D eigenvalue weighted by atomic mass is 32.2. The van der Waals surface area contributed by atoms with Crippen molar-refractivity contribution in [3.8, 4) is 0 Å². The summed E-state index contributed by atoms with van der Waals surface area (Å²) >= 11 is 0. The number of sulfonamides is 1. The molecule has 27 heavy (non-hydrogen) atoms. The van der Waals surface area contributed by atoms with Crippen LogP contribution in [0.25, 0.3) is 0 Å². The van der Waals surface area contributed by atoms with Crippen LogP contribution in [0.15, 0.2) is 59.5 Å². The third-order valence-corrected chi connectivity index (χ3v) is 7.46. The summed E-state index contributed by atoms with van der Waals surface area (Å²) in [5.74, 6) is -0.338. The summed E-state index contributed by atoms with van der Waals surface area (Å²) < 4.78 is 27.2. The first-order valence-corrected chi connectivity index (χ1v) is 10.9. The maximum Gasteiger partial charge on any atom is 0.243 e. The van der Waals surface area contributed by atoms with Crippen LogP contribution in [0.1, 0.15) is 36.4 Å². The molecule has 1 heterocycles. The lowest BCUT2D eigenvalue weighted by Crippen LogP contribution is -2.45. The predicted molar refractivity (Wildman–Crippen MR) is 104 cm³/mol. The Bertz CT molecular complexity index is 927. The molecule has 0 aromatic heterocycles. The molecule has 1 fully saturated rings. The second-order valence-electron chi connectivity index (χ2n) is 7.31. The number of nitrogens with zero attached hydrogens (tertiary/aromatic N) is 1. The summed E-state index contributed by atoms with van der Waals surface area (Å²) in [6.07, 6.45) is 3.30. The Hall–Kier alpha value is -2.18. The van der Waals surface area contributed by atoms with Crippen molar-refractivity contribution in [2.45, 2.75) is 36.6 Å². The second kappa shape index (κ2) is 7.44. The van der Waals surface area contributed by atoms with Crippen molar-refractivity contribution in [1.29, 1.82) is 0 Å². The average molecular weight is 385 g/mol. The van der Waals surface area contributed by atoms with E-state index in [1.807, 2.05) is 12.1 Å². The van der Waals surface area contributed by atoms with Crippen LogP contribution in [-0.4, -0.2) is 31.7 Å². The van der Waals surface area contributed by atoms with E-state index in [1.54, 1.807) is 30.3 Å². The molecule has 0 spiro atoms. The molecule has 4 rings (SSSR count). The lowest BCUT2D eigenvalue weighted by Gasteiger charge is -2.32. The number of carbonyl (C=O) groups is 1. The molecule has 5 nitrogen and oxygen atoms in total. The highest BCUT2D eigenvalue weighted by Gasteiger charge is 2.34. The molecular formula is C21H24N2O3S. The number of carbonyl (C=O) groups excluding carboxylic acids is 1. The van der Waals surface area contributed by atoms with Crippen molar-refractivity contribution in [2.75, 3.05) is 13.1 Å². The Morgan fingerprint density at radius 2 is 1.74 bits per heavy atom. The predicted octanol–water partition coefficient (Wildman–Crippen LogP) is 2.89. The lowest BCUT2D eigenvalue weighted by molar-refractivity contribution is -0.126. The van der Waals surface area contributed by atoms with Crippen molar-refractivity contribution >= 4 is 15.9 Å². The van der Waals surface area contributed by atoms with Crippen molar-refractivity contribution in [3.05, 3.63) is 65.7 Å². The number of benzene rings is 2. The molecule has 0 saturated carbocycles. The Morgan fingerprint density at radius 1 is 1.00 bits per heavy atom. The number of piperidine rings is 1. The van der Waals surface area contributed by atoms with Gasteiger partial charge in [-0.05, 0) is 48.9 Å². The Balaban J connectivity index is 1.45. The Kier molecular flexibility index (Phi) is 5.02. The number of amides is 1. The molecule has 2 aromatic carbocycles. The fourth-order valence-corrected chi connectivity index (χ4v) is 5.66. The van der Waals surface area contributed by atoms with Gasteiger partial charge in [0.05, 0.1) is 16.9 Å². The van der Waals surface area contributed by atoms with Gasteiger partial charge in [-0.1, -0.05) is 42.5 Å². The maximum atomic E-state index is 12.9. The molecule has 1 N–H and O–H groups in total. The van der Waals surface area contributed by atoms with Crippen molar-refractivity contribution < 1.29 is 13.2 Å². The van der Waals surface area contributed by atoms with Crippen LogP contribution in [0.2, 0.25) is 0 Å². The van der Waals surface area contributed by atoms with Gasteiger partial charge in [0, 0.05) is 13.1 Å². The summed E-state index contributed by atoms with van der Waals surface area (Å²) in [5.41, 5.74) is 2.48. The molecule has 2 unspecified atom stereocenters. The molecular weight excluding hydrogens is 360 g/mol. The minimum atomic E-state index is -3.55. The molecule has 2 aliphatic rings. The van der Waals surface area contributed by atoms with Gasteiger partial charge in [-0.2, -0.15) is 4.31 Å². The summed E-state index contributed by atoms with van der Waals surface area (Å²) in [4.78, 5) is 13.1. The molecule has 0 bridgehead atoms. The van der Waals surface area contributed by atoms with Crippen molar-refractivity contribution in [3.63, 3.8) is 0 Å². The van der Waals surface area contributed by atoms with E-state index in [1.165, 1.54) is 15.4 Å². The van der Waals surface area contributed by atoms with E-state index in [9.17, 15) is 13.2 Å². The summed E-state index contributed by atoms with van der Waals surface area (Å²) in [7, 11) is -3.55. The Morgan fingerprint density at radius 3 is 2.56 bits per heavy atom. The normalized spacial score (nSPS) is 23.0. The van der Waals surface area contributed by atoms with Crippen molar-refractivity contribution in [2.24, 2.45) is 5.92 Å². The van der Waals surface area contributed by atoms with Gasteiger partial charge in [0.1, 0.15) is 0 Å². The standard InChI is InChI=1S/C21H24N2O3S/c24-21(22-20-13-12-16-7-4-5-11-19(16)20)17-8-6-14-23(15-17)27(25,26)18-9-2-1-3-10-18/h1-5,7,9-11,17,20H,6,8,12-15H2,(H,22,24). The van der Waals surface area contributed by atoms with Crippen LogP contribution >= 0.6 is 0 Å². The number of rotatable bonds is 4. The summed E-state index contributed by atoms with van der Waals surface area (Å²) in [6.45, 7) is 0.713. The van der Waals surface area contributed by atoms with Crippen LogP contribution in [-0.2, 0) is 21.2 Å². The molecule has 2 aromatic rings. The minimum Gasteiger partial charge on any atom is -0.349 e. The smallest absolute Gasteiger partial charge is 0.243 e. The largest absolute Gasteiger partial charge is 0.349 e. The van der Waals surface area contributed by atoms with Crippen LogP contribution in [0.3, 0.4) is 0 Å². The summed E-state index contributed by atoms with van der Waals surface area (Å²) in [5, 5.41) is 3.16. The second-order valence-corrected chi connectivity index (χ2v) is 9.25. The number of aryl methyl sites for hydroxylation is 1. The number of nitrogens with one attached hydrogen (secondary N) is 1. The zero-order valence-electron chi connectivity index (χ0n) is 15.2. The number of hydrogen-bond acceptors (Lipinski definition) is 3. The molecule has 0 radical (unpaired) electrons. The fraction of sp³-hybridized carbons (Fsp3) is 0.381. The van der Waals surface area contributed by atoms with Gasteiger partial charge < -0.3 is 5.32 Å². The molecule has 1 aliphatic carbocycles. The highest BCUT2D eigenvalue weighted by Crippen LogP contribution is 2.31. The lowest BCUT2D eigenvalue weighted by atomic mass is 9.98. The van der Waals surface area contributed by atoms with Crippen LogP contribution in [0, 0.1) is 5.92 Å². The molecule has 1 amide bonds. The fourth-order valence-electron chi connectivity index (χ4n) is 4.11. The average Bonchev–Trinajstić information content (AvgIpc) is 3.12. The van der Waals surface area contributed by atoms with Gasteiger partial charge in [-0.15, -0.1) is 0 Å². The monoisotopic (exact) mass is 384 g/mol. The minimum absolute atomic E-state index is 0.0369. The molecule has 6 heteroatoms. The van der Waals surface area contributed by atoms with Crippen LogP contribution < -0.4 is 5.32 Å². The van der Waals surface area contributed by atoms with Crippen LogP contribution in [0.4, 0.5) is 0 Å². The Labute approximate surface area is 160 Å². The molecule has 2 atom stereocenters.